The third kappa shape index (κ3) is 6.18. The largest absolute Gasteiger partial charge is 0.175 e. The molecule has 0 aliphatic heterocycles. The van der Waals surface area contributed by atoms with E-state index >= 15 is 0 Å². The van der Waals surface area contributed by atoms with Crippen molar-refractivity contribution < 1.29 is 0 Å². The van der Waals surface area contributed by atoms with E-state index in [0.29, 0.717) is 0 Å². The van der Waals surface area contributed by atoms with Crippen molar-refractivity contribution in [3.8, 4) is 0 Å². The Hall–Kier alpha value is 0.180. The molecule has 0 saturated carbocycles. The molecule has 0 nitrogen and oxygen atoms in total. The van der Waals surface area contributed by atoms with E-state index in [4.69, 9.17) is 12.2 Å². The van der Waals surface area contributed by atoms with Gasteiger partial charge in [0.1, 0.15) is 0 Å². The van der Waals surface area contributed by atoms with Crippen LogP contribution < -0.4 is 0 Å². The predicted octanol–water partition coefficient (Wildman–Crippen LogP) is 2.25. The number of hydrogen-bond donors (Lipinski definition) is 1. The first-order valence-corrected chi connectivity index (χ1v) is 3.56. The lowest BCUT2D eigenvalue weighted by atomic mass is 10.3. The topological polar surface area (TPSA) is 0 Å². The van der Waals surface area contributed by atoms with E-state index in [1.54, 1.807) is 0 Å². The Balaban J connectivity index is 3.16. The molecule has 0 aromatic rings. The van der Waals surface area contributed by atoms with Gasteiger partial charge in [0.15, 0.2) is 0 Å². The first kappa shape index (κ1) is 8.18. The molecule has 2 heteroatoms. The average Bonchev–Trinajstić information content (AvgIpc) is 1.66. The summed E-state index contributed by atoms with van der Waals surface area (Å²) in [4.78, 5) is 1.03. The summed E-state index contributed by atoms with van der Waals surface area (Å²) < 4.78 is 0. The van der Waals surface area contributed by atoms with Crippen LogP contribution in [-0.4, -0.2) is 10.6 Å². The van der Waals surface area contributed by atoms with Crippen LogP contribution in [0.15, 0.2) is 12.2 Å². The summed E-state index contributed by atoms with van der Waals surface area (Å²) in [5.41, 5.74) is 0. The van der Waals surface area contributed by atoms with Crippen LogP contribution in [0.4, 0.5) is 0 Å². The molecule has 46 valence electrons. The Morgan fingerprint density at radius 1 is 1.62 bits per heavy atom. The maximum atomic E-state index is 4.83. The molecular weight excluding hydrogens is 136 g/mol. The summed E-state index contributed by atoms with van der Waals surface area (Å²) in [6.45, 7) is 1.94. The van der Waals surface area contributed by atoms with Crippen molar-refractivity contribution >= 4 is 29.7 Å². The van der Waals surface area contributed by atoms with Gasteiger partial charge in [0.2, 0.25) is 0 Å². The Morgan fingerprint density at radius 2 is 2.25 bits per heavy atom. The van der Waals surface area contributed by atoms with Crippen LogP contribution in [0.25, 0.3) is 0 Å². The van der Waals surface area contributed by atoms with E-state index < -0.39 is 0 Å². The summed E-state index contributed by atoms with van der Waals surface area (Å²) >= 11 is 8.83. The third-order valence-electron chi connectivity index (χ3n) is 0.677. The third-order valence-corrected chi connectivity index (χ3v) is 1.05. The van der Waals surface area contributed by atoms with Gasteiger partial charge in [-0.1, -0.05) is 24.4 Å². The lowest BCUT2D eigenvalue weighted by molar-refractivity contribution is 1.48. The Bertz CT molecular complexity index is 94.7. The Labute approximate surface area is 61.4 Å². The second kappa shape index (κ2) is 5.32. The zero-order chi connectivity index (χ0) is 6.41. The van der Waals surface area contributed by atoms with E-state index in [-0.39, 0.29) is 0 Å². The quantitative estimate of drug-likeness (QED) is 0.362. The lowest BCUT2D eigenvalue weighted by Crippen LogP contribution is -1.79. The molecule has 0 aliphatic carbocycles. The maximum Gasteiger partial charge on any atom is 0.00826 e. The molecule has 0 amide bonds. The van der Waals surface area contributed by atoms with Gasteiger partial charge in [-0.3, -0.25) is 0 Å². The molecule has 0 unspecified atom stereocenters. The van der Waals surface area contributed by atoms with Crippen molar-refractivity contribution in [1.82, 2.24) is 0 Å². The minimum absolute atomic E-state index is 0.808. The second-order valence-electron chi connectivity index (χ2n) is 1.56. The fourth-order valence-corrected chi connectivity index (χ4v) is 0.569. The van der Waals surface area contributed by atoms with Crippen molar-refractivity contribution in [3.63, 3.8) is 0 Å². The van der Waals surface area contributed by atoms with Gasteiger partial charge in [-0.05, 0) is 18.2 Å². The first-order chi connectivity index (χ1) is 3.77. The highest BCUT2D eigenvalue weighted by atomic mass is 32.1. The van der Waals surface area contributed by atoms with Gasteiger partial charge >= 0.3 is 0 Å². The molecule has 0 heterocycles. The summed E-state index contributed by atoms with van der Waals surface area (Å²) in [6.07, 6.45) is 4.95. The molecule has 0 aromatic carbocycles. The van der Waals surface area contributed by atoms with Crippen molar-refractivity contribution in [1.29, 1.82) is 0 Å². The zero-order valence-corrected chi connectivity index (χ0v) is 6.64. The molecule has 0 saturated heterocycles. The molecule has 0 rings (SSSR count). The molecular formula is C6H10S2. The number of rotatable bonds is 3. The fraction of sp³-hybridized carbons (Fsp3) is 0.500. The van der Waals surface area contributed by atoms with Gasteiger partial charge in [0.05, 0.1) is 0 Å². The molecule has 8 heavy (non-hydrogen) atoms. The van der Waals surface area contributed by atoms with Crippen molar-refractivity contribution in [3.05, 3.63) is 12.2 Å². The van der Waals surface area contributed by atoms with Crippen molar-refractivity contribution in [2.45, 2.75) is 13.3 Å². The molecule has 0 aliphatic rings. The summed E-state index contributed by atoms with van der Waals surface area (Å²) in [5, 5.41) is 0. The standard InChI is InChI=1S/C6H10S2/c1-6(8)4-2-3-5-7/h2-3,7H,4-5H2,1H3. The molecule has 0 fully saturated rings. The highest BCUT2D eigenvalue weighted by Crippen LogP contribution is 1.87. The summed E-state index contributed by atoms with van der Waals surface area (Å²) in [5.74, 6) is 0.808. The van der Waals surface area contributed by atoms with Gasteiger partial charge in [0, 0.05) is 5.75 Å². The van der Waals surface area contributed by atoms with E-state index in [1.807, 2.05) is 19.1 Å². The molecule has 0 bridgehead atoms. The normalized spacial score (nSPS) is 10.2. The van der Waals surface area contributed by atoms with Crippen LogP contribution >= 0.6 is 24.8 Å². The molecule has 0 spiro atoms. The average molecular weight is 146 g/mol. The Morgan fingerprint density at radius 3 is 2.62 bits per heavy atom. The molecule has 0 aromatic heterocycles. The van der Waals surface area contributed by atoms with E-state index in [1.165, 1.54) is 0 Å². The maximum absolute atomic E-state index is 4.83. The Kier molecular flexibility index (Phi) is 5.44. The van der Waals surface area contributed by atoms with Crippen molar-refractivity contribution in [2.75, 3.05) is 5.75 Å². The van der Waals surface area contributed by atoms with Crippen LogP contribution in [0.5, 0.6) is 0 Å². The molecule has 0 radical (unpaired) electrons. The highest BCUT2D eigenvalue weighted by Gasteiger charge is 1.77. The van der Waals surface area contributed by atoms with E-state index in [2.05, 4.69) is 12.6 Å². The minimum atomic E-state index is 0.808. The number of allylic oxidation sites excluding steroid dienone is 1. The number of thiol groups is 1. The predicted molar refractivity (Wildman–Crippen MR) is 45.9 cm³/mol. The van der Waals surface area contributed by atoms with Gasteiger partial charge in [-0.25, -0.2) is 0 Å². The van der Waals surface area contributed by atoms with Crippen LogP contribution in [0.3, 0.4) is 0 Å². The number of hydrogen-bond acceptors (Lipinski definition) is 2. The SMILES string of the molecule is CC(=S)CC=CCS. The fourth-order valence-electron chi connectivity index (χ4n) is 0.324. The number of thiocarbonyl (C=S) groups is 1. The van der Waals surface area contributed by atoms with Crippen LogP contribution in [-0.2, 0) is 0 Å². The van der Waals surface area contributed by atoms with Gasteiger partial charge < -0.3 is 0 Å². The zero-order valence-electron chi connectivity index (χ0n) is 4.92. The molecule has 0 N–H and O–H groups in total. The minimum Gasteiger partial charge on any atom is -0.175 e. The highest BCUT2D eigenvalue weighted by molar-refractivity contribution is 7.80. The lowest BCUT2D eigenvalue weighted by Gasteiger charge is -1.83. The van der Waals surface area contributed by atoms with Gasteiger partial charge in [-0.2, -0.15) is 12.6 Å². The van der Waals surface area contributed by atoms with Crippen LogP contribution in [0.1, 0.15) is 13.3 Å². The first-order valence-electron chi connectivity index (χ1n) is 2.52. The molecule has 0 atom stereocenters. The monoisotopic (exact) mass is 146 g/mol. The van der Waals surface area contributed by atoms with Gasteiger partial charge in [-0.15, -0.1) is 0 Å². The van der Waals surface area contributed by atoms with E-state index in [0.717, 1.165) is 17.0 Å². The summed E-state index contributed by atoms with van der Waals surface area (Å²) in [7, 11) is 0. The van der Waals surface area contributed by atoms with E-state index in [9.17, 15) is 0 Å². The van der Waals surface area contributed by atoms with Crippen LogP contribution in [0, 0.1) is 0 Å². The summed E-state index contributed by atoms with van der Waals surface area (Å²) in [6, 6.07) is 0. The van der Waals surface area contributed by atoms with Gasteiger partial charge in [0.25, 0.3) is 0 Å². The second-order valence-corrected chi connectivity index (χ2v) is 2.62. The van der Waals surface area contributed by atoms with Crippen LogP contribution in [0.2, 0.25) is 0 Å². The smallest absolute Gasteiger partial charge is 0.00826 e. The van der Waals surface area contributed by atoms with Crippen molar-refractivity contribution in [2.24, 2.45) is 0 Å².